The summed E-state index contributed by atoms with van der Waals surface area (Å²) in [7, 11) is 0. The molecule has 0 spiro atoms. The van der Waals surface area contributed by atoms with E-state index in [9.17, 15) is 9.59 Å². The highest BCUT2D eigenvalue weighted by atomic mass is 16.2. The first-order valence-corrected chi connectivity index (χ1v) is 9.79. The van der Waals surface area contributed by atoms with Gasteiger partial charge in [0.1, 0.15) is 0 Å². The maximum Gasteiger partial charge on any atom is 0.313 e. The van der Waals surface area contributed by atoms with Crippen LogP contribution in [0.15, 0.2) is 42.7 Å². The van der Waals surface area contributed by atoms with E-state index < -0.39 is 11.8 Å². The predicted molar refractivity (Wildman–Crippen MR) is 110 cm³/mol. The van der Waals surface area contributed by atoms with Crippen LogP contribution >= 0.6 is 0 Å². The number of anilines is 1. The zero-order valence-electron chi connectivity index (χ0n) is 16.6. The molecule has 3 rings (SSSR count). The lowest BCUT2D eigenvalue weighted by molar-refractivity contribution is -0.136. The first kappa shape index (κ1) is 20.0. The van der Waals surface area contributed by atoms with E-state index in [0.29, 0.717) is 18.2 Å². The Bertz CT molecular complexity index is 815. The van der Waals surface area contributed by atoms with Crippen molar-refractivity contribution in [3.05, 3.63) is 59.4 Å². The van der Waals surface area contributed by atoms with Gasteiger partial charge in [-0.05, 0) is 80.6 Å². The maximum absolute atomic E-state index is 12.1. The van der Waals surface area contributed by atoms with Crippen LogP contribution in [0.3, 0.4) is 0 Å². The Kier molecular flexibility index (Phi) is 6.76. The SMILES string of the molecule is Cc1ccc(NC(=O)C(=O)NCC2CCN(Cc3cccnc3)CC2)cc1C. The normalized spacial score (nSPS) is 15.2. The molecule has 0 unspecified atom stereocenters. The molecule has 2 N–H and O–H groups in total. The molecule has 2 heterocycles. The second kappa shape index (κ2) is 9.46. The molecule has 1 aliphatic heterocycles. The summed E-state index contributed by atoms with van der Waals surface area (Å²) >= 11 is 0. The average Bonchev–Trinajstić information content (AvgIpc) is 2.71. The Morgan fingerprint density at radius 3 is 2.57 bits per heavy atom. The Hall–Kier alpha value is -2.73. The Labute approximate surface area is 166 Å². The summed E-state index contributed by atoms with van der Waals surface area (Å²) in [6.45, 7) is 7.42. The fourth-order valence-electron chi connectivity index (χ4n) is 3.42. The zero-order valence-corrected chi connectivity index (χ0v) is 16.6. The maximum atomic E-state index is 12.1. The average molecular weight is 380 g/mol. The van der Waals surface area contributed by atoms with Crippen LogP contribution in [0.4, 0.5) is 5.69 Å². The molecule has 1 aromatic carbocycles. The minimum absolute atomic E-state index is 0.406. The van der Waals surface area contributed by atoms with E-state index >= 15 is 0 Å². The number of aromatic nitrogens is 1. The molecule has 0 aliphatic carbocycles. The van der Waals surface area contributed by atoms with Gasteiger partial charge in [-0.2, -0.15) is 0 Å². The molecule has 0 atom stereocenters. The molecule has 1 aromatic heterocycles. The van der Waals surface area contributed by atoms with Crippen LogP contribution in [-0.4, -0.2) is 41.3 Å². The van der Waals surface area contributed by atoms with Gasteiger partial charge in [-0.1, -0.05) is 12.1 Å². The highest BCUT2D eigenvalue weighted by molar-refractivity contribution is 6.39. The zero-order chi connectivity index (χ0) is 19.9. The quantitative estimate of drug-likeness (QED) is 0.782. The number of piperidine rings is 1. The molecule has 1 aliphatic rings. The van der Waals surface area contributed by atoms with Crippen molar-refractivity contribution < 1.29 is 9.59 Å². The van der Waals surface area contributed by atoms with Gasteiger partial charge in [0.25, 0.3) is 0 Å². The number of carbonyl (C=O) groups is 2. The van der Waals surface area contributed by atoms with E-state index in [1.807, 2.05) is 44.3 Å². The molecule has 2 amide bonds. The molecule has 0 bridgehead atoms. The van der Waals surface area contributed by atoms with Crippen LogP contribution in [0.2, 0.25) is 0 Å². The fraction of sp³-hybridized carbons (Fsp3) is 0.409. The largest absolute Gasteiger partial charge is 0.348 e. The summed E-state index contributed by atoms with van der Waals surface area (Å²) in [5.41, 5.74) is 4.10. The number of aryl methyl sites for hydroxylation is 2. The molecule has 6 nitrogen and oxygen atoms in total. The van der Waals surface area contributed by atoms with Crippen molar-refractivity contribution in [2.75, 3.05) is 25.0 Å². The second-order valence-corrected chi connectivity index (χ2v) is 7.54. The molecule has 28 heavy (non-hydrogen) atoms. The summed E-state index contributed by atoms with van der Waals surface area (Å²) in [5, 5.41) is 5.45. The van der Waals surface area contributed by atoms with Crippen LogP contribution in [0.25, 0.3) is 0 Å². The van der Waals surface area contributed by atoms with Crippen molar-refractivity contribution >= 4 is 17.5 Å². The van der Waals surface area contributed by atoms with Gasteiger partial charge in [-0.25, -0.2) is 0 Å². The van der Waals surface area contributed by atoms with Crippen LogP contribution in [0, 0.1) is 19.8 Å². The summed E-state index contributed by atoms with van der Waals surface area (Å²) in [6.07, 6.45) is 5.72. The van der Waals surface area contributed by atoms with Gasteiger partial charge in [-0.3, -0.25) is 19.5 Å². The standard InChI is InChI=1S/C22H28N4O2/c1-16-5-6-20(12-17(16)2)25-22(28)21(27)24-14-18-7-10-26(11-8-18)15-19-4-3-9-23-13-19/h3-6,9,12-13,18H,7-8,10-11,14-15H2,1-2H3,(H,24,27)(H,25,28). The topological polar surface area (TPSA) is 74.3 Å². The molecule has 0 saturated carbocycles. The molecule has 0 radical (unpaired) electrons. The molecule has 148 valence electrons. The lowest BCUT2D eigenvalue weighted by atomic mass is 9.96. The van der Waals surface area contributed by atoms with E-state index in [4.69, 9.17) is 0 Å². The number of benzene rings is 1. The Balaban J connectivity index is 1.39. The molecule has 6 heteroatoms. The highest BCUT2D eigenvalue weighted by Gasteiger charge is 2.21. The number of amides is 2. The molecular formula is C22H28N4O2. The van der Waals surface area contributed by atoms with Crippen LogP contribution in [0.1, 0.15) is 29.5 Å². The van der Waals surface area contributed by atoms with Crippen molar-refractivity contribution in [2.45, 2.75) is 33.2 Å². The van der Waals surface area contributed by atoms with Gasteiger partial charge in [0.05, 0.1) is 0 Å². The highest BCUT2D eigenvalue weighted by Crippen LogP contribution is 2.18. The first-order valence-electron chi connectivity index (χ1n) is 9.79. The lowest BCUT2D eigenvalue weighted by Gasteiger charge is -2.31. The van der Waals surface area contributed by atoms with Gasteiger partial charge >= 0.3 is 11.8 Å². The van der Waals surface area contributed by atoms with Crippen molar-refractivity contribution in [2.24, 2.45) is 5.92 Å². The van der Waals surface area contributed by atoms with Crippen molar-refractivity contribution in [3.63, 3.8) is 0 Å². The fourth-order valence-corrected chi connectivity index (χ4v) is 3.42. The van der Waals surface area contributed by atoms with E-state index in [1.165, 1.54) is 5.56 Å². The number of hydrogen-bond donors (Lipinski definition) is 2. The van der Waals surface area contributed by atoms with Crippen molar-refractivity contribution in [3.8, 4) is 0 Å². The number of pyridine rings is 1. The van der Waals surface area contributed by atoms with Gasteiger partial charge in [0, 0.05) is 31.2 Å². The summed E-state index contributed by atoms with van der Waals surface area (Å²) < 4.78 is 0. The summed E-state index contributed by atoms with van der Waals surface area (Å²) in [4.78, 5) is 30.8. The predicted octanol–water partition coefficient (Wildman–Crippen LogP) is 2.67. The third-order valence-corrected chi connectivity index (χ3v) is 5.36. The van der Waals surface area contributed by atoms with Crippen molar-refractivity contribution in [1.82, 2.24) is 15.2 Å². The minimum Gasteiger partial charge on any atom is -0.348 e. The summed E-state index contributed by atoms with van der Waals surface area (Å²) in [6, 6.07) is 9.67. The van der Waals surface area contributed by atoms with Crippen LogP contribution < -0.4 is 10.6 Å². The van der Waals surface area contributed by atoms with E-state index in [-0.39, 0.29) is 0 Å². The Morgan fingerprint density at radius 1 is 1.11 bits per heavy atom. The van der Waals surface area contributed by atoms with Crippen LogP contribution in [0.5, 0.6) is 0 Å². The van der Waals surface area contributed by atoms with Gasteiger partial charge in [0.15, 0.2) is 0 Å². The van der Waals surface area contributed by atoms with Gasteiger partial charge in [-0.15, -0.1) is 0 Å². The number of hydrogen-bond acceptors (Lipinski definition) is 4. The molecule has 2 aromatic rings. The number of nitrogens with zero attached hydrogens (tertiary/aromatic N) is 2. The second-order valence-electron chi connectivity index (χ2n) is 7.54. The summed E-state index contributed by atoms with van der Waals surface area (Å²) in [5.74, 6) is -0.781. The number of rotatable bonds is 5. The van der Waals surface area contributed by atoms with Gasteiger partial charge in [0.2, 0.25) is 0 Å². The third-order valence-electron chi connectivity index (χ3n) is 5.36. The minimum atomic E-state index is -0.614. The van der Waals surface area contributed by atoms with Crippen molar-refractivity contribution in [1.29, 1.82) is 0 Å². The Morgan fingerprint density at radius 2 is 1.89 bits per heavy atom. The monoisotopic (exact) mass is 380 g/mol. The smallest absolute Gasteiger partial charge is 0.313 e. The molecule has 1 saturated heterocycles. The molecular weight excluding hydrogens is 352 g/mol. The third kappa shape index (κ3) is 5.63. The van der Waals surface area contributed by atoms with E-state index in [2.05, 4.69) is 26.6 Å². The molecule has 1 fully saturated rings. The lowest BCUT2D eigenvalue weighted by Crippen LogP contribution is -2.41. The van der Waals surface area contributed by atoms with Crippen LogP contribution in [-0.2, 0) is 16.1 Å². The number of nitrogens with one attached hydrogen (secondary N) is 2. The number of likely N-dealkylation sites (tertiary alicyclic amines) is 1. The number of carbonyl (C=O) groups excluding carboxylic acids is 2. The van der Waals surface area contributed by atoms with E-state index in [1.54, 1.807) is 6.20 Å². The van der Waals surface area contributed by atoms with Gasteiger partial charge < -0.3 is 10.6 Å². The first-order chi connectivity index (χ1) is 13.5. The van der Waals surface area contributed by atoms with E-state index in [0.717, 1.165) is 43.6 Å².